The number of rotatable bonds is 5. The summed E-state index contributed by atoms with van der Waals surface area (Å²) in [6.45, 7) is 1.56. The lowest BCUT2D eigenvalue weighted by Gasteiger charge is -2.10. The lowest BCUT2D eigenvalue weighted by molar-refractivity contribution is 0.338. The zero-order valence-electron chi connectivity index (χ0n) is 9.42. The van der Waals surface area contributed by atoms with Gasteiger partial charge in [-0.25, -0.2) is 4.39 Å². The first-order chi connectivity index (χ1) is 7.17. The molecule has 1 atom stereocenters. The maximum Gasteiger partial charge on any atom is 0.122 e. The number of aryl methyl sites for hydroxylation is 1. The molecule has 1 aromatic rings. The molecule has 0 aliphatic heterocycles. The highest BCUT2D eigenvalue weighted by atomic mass is 19.1. The van der Waals surface area contributed by atoms with Crippen LogP contribution in [0.5, 0.6) is 11.5 Å². The zero-order valence-corrected chi connectivity index (χ0v) is 9.42. The monoisotopic (exact) mass is 212 g/mol. The first kappa shape index (κ1) is 11.8. The van der Waals surface area contributed by atoms with E-state index in [1.807, 2.05) is 18.2 Å². The molecule has 0 bridgehead atoms. The Morgan fingerprint density at radius 1 is 1.27 bits per heavy atom. The molecule has 0 heterocycles. The molecule has 0 N–H and O–H groups in total. The van der Waals surface area contributed by atoms with Crippen LogP contribution in [0.4, 0.5) is 4.39 Å². The largest absolute Gasteiger partial charge is 0.497 e. The second kappa shape index (κ2) is 5.59. The van der Waals surface area contributed by atoms with E-state index in [4.69, 9.17) is 9.47 Å². The molecule has 0 saturated carbocycles. The summed E-state index contributed by atoms with van der Waals surface area (Å²) < 4.78 is 23.0. The highest BCUT2D eigenvalue weighted by Crippen LogP contribution is 2.25. The molecule has 84 valence electrons. The van der Waals surface area contributed by atoms with Gasteiger partial charge in [0.15, 0.2) is 0 Å². The molecule has 0 aliphatic rings. The number of alkyl halides is 1. The van der Waals surface area contributed by atoms with Gasteiger partial charge in [0.05, 0.1) is 20.4 Å². The van der Waals surface area contributed by atoms with Crippen molar-refractivity contribution in [3.63, 3.8) is 0 Å². The van der Waals surface area contributed by atoms with Crippen LogP contribution < -0.4 is 9.47 Å². The van der Waals surface area contributed by atoms with Crippen LogP contribution in [0.15, 0.2) is 18.2 Å². The van der Waals surface area contributed by atoms with Crippen molar-refractivity contribution in [2.75, 3.05) is 14.2 Å². The topological polar surface area (TPSA) is 18.5 Å². The third-order valence-corrected chi connectivity index (χ3v) is 2.30. The van der Waals surface area contributed by atoms with Gasteiger partial charge in [-0.3, -0.25) is 0 Å². The molecular formula is C12H17FO2. The number of hydrogen-bond acceptors (Lipinski definition) is 2. The summed E-state index contributed by atoms with van der Waals surface area (Å²) >= 11 is 0. The van der Waals surface area contributed by atoms with Gasteiger partial charge in [-0.2, -0.15) is 0 Å². The molecule has 1 aromatic carbocycles. The Morgan fingerprint density at radius 3 is 2.53 bits per heavy atom. The summed E-state index contributed by atoms with van der Waals surface area (Å²) in [6.07, 6.45) is 0.377. The first-order valence-electron chi connectivity index (χ1n) is 5.02. The van der Waals surface area contributed by atoms with Gasteiger partial charge in [0, 0.05) is 0 Å². The van der Waals surface area contributed by atoms with Gasteiger partial charge >= 0.3 is 0 Å². The summed E-state index contributed by atoms with van der Waals surface area (Å²) in [5, 5.41) is 0. The minimum atomic E-state index is -0.791. The van der Waals surface area contributed by atoms with E-state index < -0.39 is 6.17 Å². The maximum atomic E-state index is 12.7. The Bertz CT molecular complexity index is 310. The Labute approximate surface area is 90.0 Å². The standard InChI is InChI=1S/C12H17FO2/c1-9(13)4-5-10-8-11(14-2)6-7-12(10)15-3/h6-9H,4-5H2,1-3H3. The average molecular weight is 212 g/mol. The Balaban J connectivity index is 2.81. The quantitative estimate of drug-likeness (QED) is 0.747. The summed E-state index contributed by atoms with van der Waals surface area (Å²) in [7, 11) is 3.23. The fraction of sp³-hybridized carbons (Fsp3) is 0.500. The fourth-order valence-electron chi connectivity index (χ4n) is 1.43. The first-order valence-corrected chi connectivity index (χ1v) is 5.02. The minimum absolute atomic E-state index is 0.503. The molecule has 0 aromatic heterocycles. The molecular weight excluding hydrogens is 195 g/mol. The number of halogens is 1. The van der Waals surface area contributed by atoms with Gasteiger partial charge in [0.2, 0.25) is 0 Å². The Hall–Kier alpha value is -1.25. The second-order valence-corrected chi connectivity index (χ2v) is 3.50. The van der Waals surface area contributed by atoms with Gasteiger partial charge in [-0.15, -0.1) is 0 Å². The summed E-state index contributed by atoms with van der Waals surface area (Å²) in [4.78, 5) is 0. The Kier molecular flexibility index (Phi) is 4.40. The molecule has 0 amide bonds. The molecule has 0 saturated heterocycles. The number of methoxy groups -OCH3 is 2. The van der Waals surface area contributed by atoms with E-state index in [0.29, 0.717) is 12.8 Å². The lowest BCUT2D eigenvalue weighted by atomic mass is 10.1. The van der Waals surface area contributed by atoms with Crippen LogP contribution in [0.25, 0.3) is 0 Å². The lowest BCUT2D eigenvalue weighted by Crippen LogP contribution is -1.99. The van der Waals surface area contributed by atoms with E-state index in [1.165, 1.54) is 0 Å². The van der Waals surface area contributed by atoms with Crippen LogP contribution in [-0.2, 0) is 6.42 Å². The Morgan fingerprint density at radius 2 is 2.00 bits per heavy atom. The van der Waals surface area contributed by atoms with Crippen molar-refractivity contribution in [1.29, 1.82) is 0 Å². The SMILES string of the molecule is COc1ccc(OC)c(CCC(C)F)c1. The molecule has 15 heavy (non-hydrogen) atoms. The van der Waals surface area contributed by atoms with E-state index in [9.17, 15) is 4.39 Å². The van der Waals surface area contributed by atoms with Crippen LogP contribution in [0, 0.1) is 0 Å². The highest BCUT2D eigenvalue weighted by Gasteiger charge is 2.07. The van der Waals surface area contributed by atoms with Crippen LogP contribution in [0.1, 0.15) is 18.9 Å². The van der Waals surface area contributed by atoms with Crippen LogP contribution in [0.2, 0.25) is 0 Å². The number of benzene rings is 1. The van der Waals surface area contributed by atoms with E-state index in [-0.39, 0.29) is 0 Å². The van der Waals surface area contributed by atoms with Gasteiger partial charge in [0.1, 0.15) is 11.5 Å². The molecule has 0 fully saturated rings. The normalized spacial score (nSPS) is 12.3. The smallest absolute Gasteiger partial charge is 0.122 e. The van der Waals surface area contributed by atoms with Gasteiger partial charge in [-0.05, 0) is 43.5 Å². The van der Waals surface area contributed by atoms with Gasteiger partial charge < -0.3 is 9.47 Å². The van der Waals surface area contributed by atoms with Gasteiger partial charge in [0.25, 0.3) is 0 Å². The van der Waals surface area contributed by atoms with Gasteiger partial charge in [-0.1, -0.05) is 0 Å². The predicted octanol–water partition coefficient (Wildman–Crippen LogP) is 2.99. The molecule has 2 nitrogen and oxygen atoms in total. The van der Waals surface area contributed by atoms with Crippen molar-refractivity contribution in [2.45, 2.75) is 25.9 Å². The summed E-state index contributed by atoms with van der Waals surface area (Å²) in [5.74, 6) is 1.56. The number of hydrogen-bond donors (Lipinski definition) is 0. The minimum Gasteiger partial charge on any atom is -0.497 e. The molecule has 0 radical (unpaired) electrons. The summed E-state index contributed by atoms with van der Waals surface area (Å²) in [6, 6.07) is 5.57. The van der Waals surface area contributed by atoms with E-state index in [1.54, 1.807) is 21.1 Å². The average Bonchev–Trinajstić information content (AvgIpc) is 2.25. The van der Waals surface area contributed by atoms with Crippen molar-refractivity contribution in [2.24, 2.45) is 0 Å². The van der Waals surface area contributed by atoms with Crippen molar-refractivity contribution < 1.29 is 13.9 Å². The molecule has 0 aliphatic carbocycles. The molecule has 3 heteroatoms. The maximum absolute atomic E-state index is 12.7. The van der Waals surface area contributed by atoms with E-state index in [0.717, 1.165) is 17.1 Å². The van der Waals surface area contributed by atoms with Crippen LogP contribution >= 0.6 is 0 Å². The van der Waals surface area contributed by atoms with Crippen molar-refractivity contribution >= 4 is 0 Å². The predicted molar refractivity (Wildman–Crippen MR) is 58.4 cm³/mol. The number of ether oxygens (including phenoxy) is 2. The zero-order chi connectivity index (χ0) is 11.3. The third kappa shape index (κ3) is 3.42. The second-order valence-electron chi connectivity index (χ2n) is 3.50. The van der Waals surface area contributed by atoms with E-state index >= 15 is 0 Å². The van der Waals surface area contributed by atoms with Crippen LogP contribution in [0.3, 0.4) is 0 Å². The van der Waals surface area contributed by atoms with E-state index in [2.05, 4.69) is 0 Å². The third-order valence-electron chi connectivity index (χ3n) is 2.30. The van der Waals surface area contributed by atoms with Crippen LogP contribution in [-0.4, -0.2) is 20.4 Å². The van der Waals surface area contributed by atoms with Crippen molar-refractivity contribution in [3.05, 3.63) is 23.8 Å². The molecule has 0 spiro atoms. The highest BCUT2D eigenvalue weighted by molar-refractivity contribution is 5.40. The van der Waals surface area contributed by atoms with Crippen molar-refractivity contribution in [3.8, 4) is 11.5 Å². The summed E-state index contributed by atoms with van der Waals surface area (Å²) in [5.41, 5.74) is 0.987. The fourth-order valence-corrected chi connectivity index (χ4v) is 1.43. The van der Waals surface area contributed by atoms with Crippen molar-refractivity contribution in [1.82, 2.24) is 0 Å². The molecule has 1 unspecified atom stereocenters. The molecule has 1 rings (SSSR count).